The summed E-state index contributed by atoms with van der Waals surface area (Å²) in [6, 6.07) is 62.0. The summed E-state index contributed by atoms with van der Waals surface area (Å²) in [7, 11) is 0. The number of aromatic nitrogens is 3. The molecular weight excluding hydrogens is 635 g/mol. The molecule has 4 heteroatoms. The first-order valence-corrected chi connectivity index (χ1v) is 17.6. The SMILES string of the molecule is c1ccc2c(c1)Oc1ccccc1C21c2ccccc2-c2ccc(-c3nc(-c4ccc5ccccc5c4)nc(-c4ccc5ccccc5c4)n3)cc21. The predicted octanol–water partition coefficient (Wildman–Crippen LogP) is 11.6. The number of fused-ring (bicyclic) bond motifs is 11. The molecule has 0 saturated heterocycles. The van der Waals surface area contributed by atoms with Crippen molar-refractivity contribution in [2.24, 2.45) is 0 Å². The molecule has 4 nitrogen and oxygen atoms in total. The van der Waals surface area contributed by atoms with Gasteiger partial charge in [-0.3, -0.25) is 0 Å². The molecule has 242 valence electrons. The van der Waals surface area contributed by atoms with Crippen molar-refractivity contribution in [1.82, 2.24) is 15.0 Å². The highest BCUT2D eigenvalue weighted by Crippen LogP contribution is 2.62. The number of benzene rings is 8. The van der Waals surface area contributed by atoms with E-state index in [4.69, 9.17) is 19.7 Å². The molecule has 9 aromatic rings. The second kappa shape index (κ2) is 11.0. The third-order valence-corrected chi connectivity index (χ3v) is 10.8. The van der Waals surface area contributed by atoms with E-state index < -0.39 is 5.41 Å². The average Bonchev–Trinajstić information content (AvgIpc) is 3.50. The van der Waals surface area contributed by atoms with Crippen LogP contribution < -0.4 is 4.74 Å². The Morgan fingerprint density at radius 1 is 0.327 bits per heavy atom. The number of rotatable bonds is 3. The van der Waals surface area contributed by atoms with Gasteiger partial charge >= 0.3 is 0 Å². The zero-order valence-corrected chi connectivity index (χ0v) is 28.0. The van der Waals surface area contributed by atoms with E-state index >= 15 is 0 Å². The van der Waals surface area contributed by atoms with E-state index in [9.17, 15) is 0 Å². The van der Waals surface area contributed by atoms with Gasteiger partial charge in [0.1, 0.15) is 11.5 Å². The van der Waals surface area contributed by atoms with E-state index in [1.54, 1.807) is 0 Å². The number of ether oxygens (including phenoxy) is 1. The van der Waals surface area contributed by atoms with E-state index in [-0.39, 0.29) is 0 Å². The number of para-hydroxylation sites is 2. The van der Waals surface area contributed by atoms with Gasteiger partial charge < -0.3 is 4.74 Å². The zero-order valence-electron chi connectivity index (χ0n) is 28.0. The van der Waals surface area contributed by atoms with E-state index in [1.807, 2.05) is 12.1 Å². The minimum Gasteiger partial charge on any atom is -0.457 e. The fraction of sp³-hybridized carbons (Fsp3) is 0.0208. The van der Waals surface area contributed by atoms with Gasteiger partial charge in [0, 0.05) is 27.8 Å². The van der Waals surface area contributed by atoms with Crippen LogP contribution in [0.15, 0.2) is 176 Å². The lowest BCUT2D eigenvalue weighted by Crippen LogP contribution is -2.32. The minimum absolute atomic E-state index is 0.581. The number of hydrogen-bond acceptors (Lipinski definition) is 4. The molecule has 0 bridgehead atoms. The molecule has 8 aromatic carbocycles. The standard InChI is InChI=1S/C48H29N3O/c1-3-13-32-27-34(23-21-30(32)11-1)45-49-46(35-24-22-31-12-2-4-14-33(31)28-35)51-47(50-45)36-25-26-38-37-15-5-6-16-39(37)48(42(38)29-36)40-17-7-9-19-43(40)52-44-20-10-8-18-41(44)48/h1-29H. The fourth-order valence-electron chi connectivity index (χ4n) is 8.41. The molecule has 1 aliphatic heterocycles. The molecule has 0 amide bonds. The maximum atomic E-state index is 6.57. The van der Waals surface area contributed by atoms with Gasteiger partial charge in [0.2, 0.25) is 0 Å². The zero-order chi connectivity index (χ0) is 34.2. The molecule has 0 N–H and O–H groups in total. The molecule has 52 heavy (non-hydrogen) atoms. The largest absolute Gasteiger partial charge is 0.457 e. The predicted molar refractivity (Wildman–Crippen MR) is 209 cm³/mol. The van der Waals surface area contributed by atoms with Gasteiger partial charge in [-0.2, -0.15) is 0 Å². The summed E-state index contributed by atoms with van der Waals surface area (Å²) in [4.78, 5) is 15.6. The first-order chi connectivity index (χ1) is 25.7. The Balaban J connectivity index is 1.17. The van der Waals surface area contributed by atoms with E-state index in [2.05, 4.69) is 164 Å². The summed E-state index contributed by atoms with van der Waals surface area (Å²) < 4.78 is 6.57. The first kappa shape index (κ1) is 28.9. The molecule has 1 spiro atoms. The van der Waals surface area contributed by atoms with Gasteiger partial charge in [0.25, 0.3) is 0 Å². The van der Waals surface area contributed by atoms with Gasteiger partial charge in [-0.15, -0.1) is 0 Å². The molecule has 2 heterocycles. The summed E-state index contributed by atoms with van der Waals surface area (Å²) in [6.07, 6.45) is 0. The Bertz CT molecular complexity index is 2770. The van der Waals surface area contributed by atoms with Crippen molar-refractivity contribution < 1.29 is 4.74 Å². The molecule has 11 rings (SSSR count). The van der Waals surface area contributed by atoms with Gasteiger partial charge in [-0.05, 0) is 74.1 Å². The Morgan fingerprint density at radius 2 is 0.750 bits per heavy atom. The summed E-state index contributed by atoms with van der Waals surface area (Å²) in [5, 5.41) is 4.64. The molecule has 2 aliphatic rings. The summed E-state index contributed by atoms with van der Waals surface area (Å²) >= 11 is 0. The first-order valence-electron chi connectivity index (χ1n) is 17.6. The van der Waals surface area contributed by atoms with Gasteiger partial charge in [0.15, 0.2) is 17.5 Å². The molecule has 0 fully saturated rings. The van der Waals surface area contributed by atoms with Gasteiger partial charge in [-0.1, -0.05) is 146 Å². The van der Waals surface area contributed by atoms with E-state index in [1.165, 1.54) is 33.0 Å². The van der Waals surface area contributed by atoms with E-state index in [0.29, 0.717) is 17.5 Å². The second-order valence-electron chi connectivity index (χ2n) is 13.6. The van der Waals surface area contributed by atoms with Crippen LogP contribution in [0, 0.1) is 0 Å². The van der Waals surface area contributed by atoms with Crippen molar-refractivity contribution in [3.63, 3.8) is 0 Å². The summed E-state index contributed by atoms with van der Waals surface area (Å²) in [5.74, 6) is 3.64. The fourth-order valence-corrected chi connectivity index (χ4v) is 8.41. The smallest absolute Gasteiger partial charge is 0.164 e. The molecular formula is C48H29N3O. The van der Waals surface area contributed by atoms with Crippen LogP contribution in [-0.4, -0.2) is 15.0 Å². The van der Waals surface area contributed by atoms with Crippen molar-refractivity contribution >= 4 is 21.5 Å². The molecule has 1 aliphatic carbocycles. The lowest BCUT2D eigenvalue weighted by atomic mass is 9.66. The van der Waals surface area contributed by atoms with Crippen LogP contribution in [0.1, 0.15) is 22.3 Å². The van der Waals surface area contributed by atoms with Crippen LogP contribution in [0.2, 0.25) is 0 Å². The summed E-state index contributed by atoms with van der Waals surface area (Å²) in [6.45, 7) is 0. The van der Waals surface area contributed by atoms with E-state index in [0.717, 1.165) is 50.1 Å². The molecule has 0 unspecified atom stereocenters. The van der Waals surface area contributed by atoms with Crippen molar-refractivity contribution in [1.29, 1.82) is 0 Å². The molecule has 0 atom stereocenters. The molecule has 0 radical (unpaired) electrons. The quantitative estimate of drug-likeness (QED) is 0.189. The maximum Gasteiger partial charge on any atom is 0.164 e. The Hall–Kier alpha value is -6.91. The highest BCUT2D eigenvalue weighted by molar-refractivity contribution is 5.91. The van der Waals surface area contributed by atoms with Crippen LogP contribution in [0.4, 0.5) is 0 Å². The van der Waals surface area contributed by atoms with Crippen LogP contribution >= 0.6 is 0 Å². The van der Waals surface area contributed by atoms with Crippen molar-refractivity contribution in [2.75, 3.05) is 0 Å². The number of hydrogen-bond donors (Lipinski definition) is 0. The Labute approximate surface area is 300 Å². The van der Waals surface area contributed by atoms with Crippen LogP contribution in [0.25, 0.3) is 66.8 Å². The lowest BCUT2D eigenvalue weighted by molar-refractivity contribution is 0.436. The second-order valence-corrected chi connectivity index (χ2v) is 13.6. The highest BCUT2D eigenvalue weighted by Gasteiger charge is 2.51. The number of nitrogens with zero attached hydrogens (tertiary/aromatic N) is 3. The van der Waals surface area contributed by atoms with Crippen LogP contribution in [0.3, 0.4) is 0 Å². The minimum atomic E-state index is -0.581. The molecule has 1 aromatic heterocycles. The Morgan fingerprint density at radius 3 is 1.33 bits per heavy atom. The maximum absolute atomic E-state index is 6.57. The topological polar surface area (TPSA) is 47.9 Å². The third kappa shape index (κ3) is 4.18. The normalized spacial score (nSPS) is 13.3. The van der Waals surface area contributed by atoms with Crippen molar-refractivity contribution in [2.45, 2.75) is 5.41 Å². The molecule has 0 saturated carbocycles. The van der Waals surface area contributed by atoms with Gasteiger partial charge in [0.05, 0.1) is 5.41 Å². The average molecular weight is 664 g/mol. The summed E-state index contributed by atoms with van der Waals surface area (Å²) in [5.41, 5.74) is 9.35. The highest BCUT2D eigenvalue weighted by atomic mass is 16.5. The van der Waals surface area contributed by atoms with Crippen LogP contribution in [0.5, 0.6) is 11.5 Å². The van der Waals surface area contributed by atoms with Gasteiger partial charge in [-0.25, -0.2) is 15.0 Å². The van der Waals surface area contributed by atoms with Crippen molar-refractivity contribution in [3.05, 3.63) is 198 Å². The Kier molecular flexibility index (Phi) is 6.13. The monoisotopic (exact) mass is 663 g/mol. The van der Waals surface area contributed by atoms with Crippen LogP contribution in [-0.2, 0) is 5.41 Å². The lowest BCUT2D eigenvalue weighted by Gasteiger charge is -2.39. The third-order valence-electron chi connectivity index (χ3n) is 10.8. The van der Waals surface area contributed by atoms with Crippen molar-refractivity contribution in [3.8, 4) is 56.8 Å².